The molecule has 98 valence electrons. The molecule has 4 nitrogen and oxygen atoms in total. The number of aryl methyl sites for hydroxylation is 1. The van der Waals surface area contributed by atoms with Gasteiger partial charge >= 0.3 is 0 Å². The Morgan fingerprint density at radius 3 is 2.94 bits per heavy atom. The van der Waals surface area contributed by atoms with Crippen LogP contribution in [0.25, 0.3) is 0 Å². The fourth-order valence-electron chi connectivity index (χ4n) is 2.43. The van der Waals surface area contributed by atoms with Gasteiger partial charge in [0, 0.05) is 19.7 Å². The summed E-state index contributed by atoms with van der Waals surface area (Å²) < 4.78 is 0. The van der Waals surface area contributed by atoms with E-state index < -0.39 is 0 Å². The Bertz CT molecular complexity index is 445. The van der Waals surface area contributed by atoms with Crippen molar-refractivity contribution < 1.29 is 15.0 Å². The minimum Gasteiger partial charge on any atom is -0.507 e. The second-order valence-electron chi connectivity index (χ2n) is 4.94. The van der Waals surface area contributed by atoms with Gasteiger partial charge in [0.15, 0.2) is 0 Å². The maximum Gasteiger partial charge on any atom is 0.257 e. The molecule has 1 aliphatic heterocycles. The topological polar surface area (TPSA) is 60.8 Å². The van der Waals surface area contributed by atoms with E-state index in [0.717, 1.165) is 18.4 Å². The number of aromatic hydroxyl groups is 1. The number of aliphatic hydroxyl groups is 1. The zero-order valence-corrected chi connectivity index (χ0v) is 10.6. The minimum absolute atomic E-state index is 0.0469. The van der Waals surface area contributed by atoms with Gasteiger partial charge in [0.25, 0.3) is 5.91 Å². The van der Waals surface area contributed by atoms with Crippen molar-refractivity contribution in [2.45, 2.75) is 19.8 Å². The van der Waals surface area contributed by atoms with E-state index in [9.17, 15) is 9.90 Å². The lowest BCUT2D eigenvalue weighted by atomic mass is 10.1. The van der Waals surface area contributed by atoms with Crippen molar-refractivity contribution in [3.8, 4) is 5.75 Å². The van der Waals surface area contributed by atoms with Crippen molar-refractivity contribution in [1.82, 2.24) is 4.90 Å². The van der Waals surface area contributed by atoms with E-state index in [0.29, 0.717) is 24.6 Å². The summed E-state index contributed by atoms with van der Waals surface area (Å²) in [6.45, 7) is 3.42. The first-order valence-electron chi connectivity index (χ1n) is 6.31. The molecule has 2 N–H and O–H groups in total. The van der Waals surface area contributed by atoms with Crippen LogP contribution in [0.5, 0.6) is 5.75 Å². The molecule has 0 aromatic heterocycles. The predicted octanol–water partition coefficient (Wildman–Crippen LogP) is 1.55. The van der Waals surface area contributed by atoms with Crippen molar-refractivity contribution in [3.05, 3.63) is 29.3 Å². The van der Waals surface area contributed by atoms with Crippen LogP contribution in [-0.4, -0.2) is 40.7 Å². The number of likely N-dealkylation sites (tertiary alicyclic amines) is 1. The molecule has 18 heavy (non-hydrogen) atoms. The highest BCUT2D eigenvalue weighted by molar-refractivity contribution is 5.97. The Hall–Kier alpha value is -1.55. The van der Waals surface area contributed by atoms with E-state index in [-0.39, 0.29) is 18.3 Å². The molecule has 1 saturated heterocycles. The van der Waals surface area contributed by atoms with E-state index in [2.05, 4.69) is 0 Å². The van der Waals surface area contributed by atoms with Gasteiger partial charge < -0.3 is 15.1 Å². The highest BCUT2D eigenvalue weighted by atomic mass is 16.3. The SMILES string of the molecule is Cc1ccc(C(=O)N2CCC(CCO)C2)c(O)c1. The molecule has 1 aromatic carbocycles. The highest BCUT2D eigenvalue weighted by Gasteiger charge is 2.27. The molecule has 0 radical (unpaired) electrons. The van der Waals surface area contributed by atoms with Crippen molar-refractivity contribution >= 4 is 5.91 Å². The molecule has 0 saturated carbocycles. The molecule has 0 bridgehead atoms. The summed E-state index contributed by atoms with van der Waals surface area (Å²) in [5.41, 5.74) is 1.30. The van der Waals surface area contributed by atoms with Gasteiger partial charge in [0.2, 0.25) is 0 Å². The minimum atomic E-state index is -0.118. The number of nitrogens with zero attached hydrogens (tertiary/aromatic N) is 1. The quantitative estimate of drug-likeness (QED) is 0.854. The fraction of sp³-hybridized carbons (Fsp3) is 0.500. The van der Waals surface area contributed by atoms with Gasteiger partial charge in [-0.25, -0.2) is 0 Å². The highest BCUT2D eigenvalue weighted by Crippen LogP contribution is 2.25. The standard InChI is InChI=1S/C14H19NO3/c1-10-2-3-12(13(17)8-10)14(18)15-6-4-11(9-15)5-7-16/h2-3,8,11,16-17H,4-7,9H2,1H3. The Morgan fingerprint density at radius 1 is 1.50 bits per heavy atom. The summed E-state index contributed by atoms with van der Waals surface area (Å²) in [6.07, 6.45) is 1.67. The lowest BCUT2D eigenvalue weighted by Gasteiger charge is -2.17. The monoisotopic (exact) mass is 249 g/mol. The van der Waals surface area contributed by atoms with Crippen molar-refractivity contribution in [3.63, 3.8) is 0 Å². The van der Waals surface area contributed by atoms with Gasteiger partial charge in [0.05, 0.1) is 5.56 Å². The van der Waals surface area contributed by atoms with Gasteiger partial charge in [0.1, 0.15) is 5.75 Å². The van der Waals surface area contributed by atoms with Gasteiger partial charge in [-0.05, 0) is 43.4 Å². The number of carbonyl (C=O) groups excluding carboxylic acids is 1. The molecule has 2 rings (SSSR count). The first-order valence-corrected chi connectivity index (χ1v) is 6.31. The van der Waals surface area contributed by atoms with Crippen molar-refractivity contribution in [2.75, 3.05) is 19.7 Å². The number of phenols is 1. The van der Waals surface area contributed by atoms with Crippen LogP contribution in [0.2, 0.25) is 0 Å². The molecule has 0 spiro atoms. The van der Waals surface area contributed by atoms with Gasteiger partial charge in [-0.1, -0.05) is 6.07 Å². The van der Waals surface area contributed by atoms with Gasteiger partial charge in [-0.15, -0.1) is 0 Å². The molecule has 0 aliphatic carbocycles. The van der Waals surface area contributed by atoms with Crippen LogP contribution in [0, 0.1) is 12.8 Å². The molecular formula is C14H19NO3. The second-order valence-corrected chi connectivity index (χ2v) is 4.94. The first kappa shape index (κ1) is 12.9. The summed E-state index contributed by atoms with van der Waals surface area (Å²) in [6, 6.07) is 5.11. The lowest BCUT2D eigenvalue weighted by Crippen LogP contribution is -2.28. The number of carbonyl (C=O) groups is 1. The van der Waals surface area contributed by atoms with E-state index in [1.807, 2.05) is 13.0 Å². The summed E-state index contributed by atoms with van der Waals surface area (Å²) in [5, 5.41) is 18.7. The summed E-state index contributed by atoms with van der Waals surface area (Å²) in [5.74, 6) is 0.310. The van der Waals surface area contributed by atoms with E-state index in [1.165, 1.54) is 0 Å². The van der Waals surface area contributed by atoms with Crippen LogP contribution >= 0.6 is 0 Å². The van der Waals surface area contributed by atoms with E-state index in [4.69, 9.17) is 5.11 Å². The predicted molar refractivity (Wildman–Crippen MR) is 68.6 cm³/mol. The Balaban J connectivity index is 2.08. The fourth-order valence-corrected chi connectivity index (χ4v) is 2.43. The van der Waals surface area contributed by atoms with Crippen LogP contribution in [0.1, 0.15) is 28.8 Å². The van der Waals surface area contributed by atoms with Gasteiger partial charge in [-0.3, -0.25) is 4.79 Å². The first-order chi connectivity index (χ1) is 8.61. The number of hydrogen-bond acceptors (Lipinski definition) is 3. The molecule has 1 amide bonds. The normalized spacial score (nSPS) is 19.2. The third-order valence-electron chi connectivity index (χ3n) is 3.49. The molecule has 1 fully saturated rings. The van der Waals surface area contributed by atoms with E-state index in [1.54, 1.807) is 17.0 Å². The van der Waals surface area contributed by atoms with Crippen LogP contribution in [0.3, 0.4) is 0 Å². The Labute approximate surface area is 107 Å². The summed E-state index contributed by atoms with van der Waals surface area (Å²) in [7, 11) is 0. The van der Waals surface area contributed by atoms with Crippen LogP contribution < -0.4 is 0 Å². The van der Waals surface area contributed by atoms with Crippen LogP contribution in [0.4, 0.5) is 0 Å². The van der Waals surface area contributed by atoms with E-state index >= 15 is 0 Å². The molecule has 4 heteroatoms. The van der Waals surface area contributed by atoms with Crippen LogP contribution in [-0.2, 0) is 0 Å². The maximum absolute atomic E-state index is 12.2. The average molecular weight is 249 g/mol. The third kappa shape index (κ3) is 2.64. The molecule has 1 atom stereocenters. The smallest absolute Gasteiger partial charge is 0.257 e. The zero-order valence-electron chi connectivity index (χ0n) is 10.6. The molecule has 1 aromatic rings. The number of rotatable bonds is 3. The molecule has 1 heterocycles. The largest absolute Gasteiger partial charge is 0.507 e. The Morgan fingerprint density at radius 2 is 2.28 bits per heavy atom. The second kappa shape index (κ2) is 5.40. The third-order valence-corrected chi connectivity index (χ3v) is 3.49. The van der Waals surface area contributed by atoms with Crippen molar-refractivity contribution in [1.29, 1.82) is 0 Å². The lowest BCUT2D eigenvalue weighted by molar-refractivity contribution is 0.0781. The van der Waals surface area contributed by atoms with Crippen LogP contribution in [0.15, 0.2) is 18.2 Å². The zero-order chi connectivity index (χ0) is 13.1. The molecule has 1 aliphatic rings. The molecular weight excluding hydrogens is 230 g/mol. The Kier molecular flexibility index (Phi) is 3.87. The summed E-state index contributed by atoms with van der Waals surface area (Å²) in [4.78, 5) is 14.0. The van der Waals surface area contributed by atoms with Crippen molar-refractivity contribution in [2.24, 2.45) is 5.92 Å². The number of aliphatic hydroxyl groups excluding tert-OH is 1. The number of benzene rings is 1. The number of phenolic OH excluding ortho intramolecular Hbond substituents is 1. The van der Waals surface area contributed by atoms with Gasteiger partial charge in [-0.2, -0.15) is 0 Å². The maximum atomic E-state index is 12.2. The number of hydrogen-bond donors (Lipinski definition) is 2. The summed E-state index contributed by atoms with van der Waals surface area (Å²) >= 11 is 0. The average Bonchev–Trinajstić information content (AvgIpc) is 2.77. The molecule has 1 unspecified atom stereocenters. The number of amides is 1.